The van der Waals surface area contributed by atoms with E-state index in [1.807, 2.05) is 0 Å². The number of hydrogen-bond acceptors (Lipinski definition) is 4. The van der Waals surface area contributed by atoms with Crippen molar-refractivity contribution < 1.29 is 4.92 Å². The summed E-state index contributed by atoms with van der Waals surface area (Å²) in [6.45, 7) is 4.78. The van der Waals surface area contributed by atoms with Gasteiger partial charge in [0.1, 0.15) is 0 Å². The van der Waals surface area contributed by atoms with E-state index in [-0.39, 0.29) is 11.2 Å². The molecule has 0 unspecified atom stereocenters. The second kappa shape index (κ2) is 5.63. The van der Waals surface area contributed by atoms with Crippen molar-refractivity contribution in [3.05, 3.63) is 34.4 Å². The topological polar surface area (TPSA) is 81.2 Å². The first-order valence-electron chi connectivity index (χ1n) is 5.78. The Balaban J connectivity index is 2.61. The molecule has 0 saturated carbocycles. The van der Waals surface area contributed by atoms with E-state index in [0.717, 1.165) is 18.5 Å². The molecule has 3 N–H and O–H groups in total. The van der Waals surface area contributed by atoms with Crippen molar-refractivity contribution in [2.75, 3.05) is 11.9 Å². The summed E-state index contributed by atoms with van der Waals surface area (Å²) in [5, 5.41) is 13.7. The standard InChI is InChI=1S/C12H19N3O2/c1-3-12(13,4-2)9-14-10-5-7-11(8-6-10)15(16)17/h5-8,14H,3-4,9,13H2,1-2H3. The minimum absolute atomic E-state index is 0.0977. The molecule has 0 bridgehead atoms. The molecule has 0 fully saturated rings. The Kier molecular flexibility index (Phi) is 4.45. The molecule has 94 valence electrons. The van der Waals surface area contributed by atoms with Crippen molar-refractivity contribution in [2.45, 2.75) is 32.2 Å². The molecule has 0 aliphatic rings. The smallest absolute Gasteiger partial charge is 0.269 e. The van der Waals surface area contributed by atoms with Gasteiger partial charge in [-0.15, -0.1) is 0 Å². The maximum Gasteiger partial charge on any atom is 0.269 e. The number of nitro benzene ring substituents is 1. The highest BCUT2D eigenvalue weighted by molar-refractivity contribution is 5.48. The molecule has 0 aliphatic carbocycles. The van der Waals surface area contributed by atoms with Crippen LogP contribution < -0.4 is 11.1 Å². The predicted octanol–water partition coefficient (Wildman–Crippen LogP) is 2.52. The van der Waals surface area contributed by atoms with E-state index in [2.05, 4.69) is 19.2 Å². The van der Waals surface area contributed by atoms with Gasteiger partial charge in [0.25, 0.3) is 5.69 Å². The van der Waals surface area contributed by atoms with E-state index in [1.54, 1.807) is 12.1 Å². The first kappa shape index (κ1) is 13.4. The van der Waals surface area contributed by atoms with Crippen molar-refractivity contribution >= 4 is 11.4 Å². The van der Waals surface area contributed by atoms with Crippen LogP contribution in [0.1, 0.15) is 26.7 Å². The number of non-ortho nitro benzene ring substituents is 1. The summed E-state index contributed by atoms with van der Waals surface area (Å²) in [7, 11) is 0. The van der Waals surface area contributed by atoms with Crippen LogP contribution >= 0.6 is 0 Å². The summed E-state index contributed by atoms with van der Waals surface area (Å²) in [6, 6.07) is 6.37. The van der Waals surface area contributed by atoms with Crippen molar-refractivity contribution in [1.29, 1.82) is 0 Å². The van der Waals surface area contributed by atoms with Gasteiger partial charge in [-0.3, -0.25) is 10.1 Å². The Hall–Kier alpha value is -1.62. The quantitative estimate of drug-likeness (QED) is 0.588. The van der Waals surface area contributed by atoms with Gasteiger partial charge < -0.3 is 11.1 Å². The molecule has 1 rings (SSSR count). The first-order valence-corrected chi connectivity index (χ1v) is 5.78. The van der Waals surface area contributed by atoms with Crippen LogP contribution in [0, 0.1) is 10.1 Å². The van der Waals surface area contributed by atoms with Gasteiger partial charge in [-0.2, -0.15) is 0 Å². The molecule has 0 heterocycles. The molecular weight excluding hydrogens is 218 g/mol. The Morgan fingerprint density at radius 2 is 1.82 bits per heavy atom. The van der Waals surface area contributed by atoms with Crippen LogP contribution in [0.2, 0.25) is 0 Å². The third-order valence-electron chi connectivity index (χ3n) is 3.13. The van der Waals surface area contributed by atoms with E-state index >= 15 is 0 Å². The van der Waals surface area contributed by atoms with Crippen LogP contribution in [0.15, 0.2) is 24.3 Å². The predicted molar refractivity (Wildman–Crippen MR) is 69.1 cm³/mol. The maximum absolute atomic E-state index is 10.5. The fraction of sp³-hybridized carbons (Fsp3) is 0.500. The second-order valence-corrected chi connectivity index (χ2v) is 4.23. The lowest BCUT2D eigenvalue weighted by Gasteiger charge is -2.27. The molecule has 1 aromatic carbocycles. The van der Waals surface area contributed by atoms with Gasteiger partial charge >= 0.3 is 0 Å². The highest BCUT2D eigenvalue weighted by Gasteiger charge is 2.19. The molecule has 0 aliphatic heterocycles. The van der Waals surface area contributed by atoms with Crippen LogP contribution in [0.4, 0.5) is 11.4 Å². The Morgan fingerprint density at radius 1 is 1.29 bits per heavy atom. The zero-order valence-corrected chi connectivity index (χ0v) is 10.3. The third kappa shape index (κ3) is 3.71. The van der Waals surface area contributed by atoms with Crippen molar-refractivity contribution in [1.82, 2.24) is 0 Å². The highest BCUT2D eigenvalue weighted by atomic mass is 16.6. The van der Waals surface area contributed by atoms with E-state index < -0.39 is 4.92 Å². The van der Waals surface area contributed by atoms with Crippen molar-refractivity contribution in [3.63, 3.8) is 0 Å². The Bertz CT molecular complexity index is 372. The molecule has 0 spiro atoms. The highest BCUT2D eigenvalue weighted by Crippen LogP contribution is 2.17. The molecule has 5 heteroatoms. The number of benzene rings is 1. The lowest BCUT2D eigenvalue weighted by molar-refractivity contribution is -0.384. The number of nitrogens with two attached hydrogens (primary N) is 1. The number of nitrogens with one attached hydrogen (secondary N) is 1. The van der Waals surface area contributed by atoms with Crippen LogP contribution in [0.25, 0.3) is 0 Å². The Morgan fingerprint density at radius 3 is 2.24 bits per heavy atom. The summed E-state index contributed by atoms with van der Waals surface area (Å²) >= 11 is 0. The van der Waals surface area contributed by atoms with Crippen LogP contribution in [0.5, 0.6) is 0 Å². The molecule has 0 atom stereocenters. The molecule has 0 saturated heterocycles. The number of anilines is 1. The normalized spacial score (nSPS) is 11.2. The van der Waals surface area contributed by atoms with Crippen LogP contribution in [-0.2, 0) is 0 Å². The fourth-order valence-corrected chi connectivity index (χ4v) is 1.48. The monoisotopic (exact) mass is 237 g/mol. The van der Waals surface area contributed by atoms with Gasteiger partial charge in [-0.25, -0.2) is 0 Å². The molecule has 5 nitrogen and oxygen atoms in total. The average Bonchev–Trinajstić information content (AvgIpc) is 2.36. The van der Waals surface area contributed by atoms with E-state index in [1.165, 1.54) is 12.1 Å². The largest absolute Gasteiger partial charge is 0.383 e. The number of nitro groups is 1. The van der Waals surface area contributed by atoms with Crippen LogP contribution in [0.3, 0.4) is 0 Å². The van der Waals surface area contributed by atoms with E-state index in [4.69, 9.17) is 5.73 Å². The number of nitrogens with zero attached hydrogens (tertiary/aromatic N) is 1. The van der Waals surface area contributed by atoms with E-state index in [0.29, 0.717) is 6.54 Å². The average molecular weight is 237 g/mol. The van der Waals surface area contributed by atoms with Gasteiger partial charge in [-0.1, -0.05) is 13.8 Å². The summed E-state index contributed by atoms with van der Waals surface area (Å²) in [5.74, 6) is 0. The minimum atomic E-state index is -0.408. The molecule has 1 aromatic rings. The summed E-state index contributed by atoms with van der Waals surface area (Å²) in [4.78, 5) is 10.1. The summed E-state index contributed by atoms with van der Waals surface area (Å²) < 4.78 is 0. The molecular formula is C12H19N3O2. The molecule has 0 aromatic heterocycles. The van der Waals surface area contributed by atoms with Crippen LogP contribution in [-0.4, -0.2) is 17.0 Å². The maximum atomic E-state index is 10.5. The first-order chi connectivity index (χ1) is 8.00. The van der Waals surface area contributed by atoms with Crippen molar-refractivity contribution in [3.8, 4) is 0 Å². The molecule has 17 heavy (non-hydrogen) atoms. The Labute approximate surface area is 101 Å². The van der Waals surface area contributed by atoms with E-state index in [9.17, 15) is 10.1 Å². The lowest BCUT2D eigenvalue weighted by Crippen LogP contribution is -2.45. The van der Waals surface area contributed by atoms with Crippen molar-refractivity contribution in [2.24, 2.45) is 5.73 Å². The fourth-order valence-electron chi connectivity index (χ4n) is 1.48. The number of rotatable bonds is 6. The molecule has 0 amide bonds. The zero-order chi connectivity index (χ0) is 12.9. The van der Waals surface area contributed by atoms with Gasteiger partial charge in [0.05, 0.1) is 4.92 Å². The minimum Gasteiger partial charge on any atom is -0.383 e. The van der Waals surface area contributed by atoms with Gasteiger partial charge in [-0.05, 0) is 25.0 Å². The zero-order valence-electron chi connectivity index (χ0n) is 10.3. The third-order valence-corrected chi connectivity index (χ3v) is 3.13. The molecule has 0 radical (unpaired) electrons. The number of hydrogen-bond donors (Lipinski definition) is 2. The summed E-state index contributed by atoms with van der Waals surface area (Å²) in [5.41, 5.74) is 6.88. The van der Waals surface area contributed by atoms with Gasteiger partial charge in [0.15, 0.2) is 0 Å². The van der Waals surface area contributed by atoms with Gasteiger partial charge in [0, 0.05) is 29.9 Å². The lowest BCUT2D eigenvalue weighted by atomic mass is 9.94. The van der Waals surface area contributed by atoms with Gasteiger partial charge in [0.2, 0.25) is 0 Å². The SMILES string of the molecule is CCC(N)(CC)CNc1ccc([N+](=O)[O-])cc1. The summed E-state index contributed by atoms with van der Waals surface area (Å²) in [6.07, 6.45) is 1.78. The second-order valence-electron chi connectivity index (χ2n) is 4.23.